The van der Waals surface area contributed by atoms with Crippen molar-refractivity contribution in [3.63, 3.8) is 0 Å². The van der Waals surface area contributed by atoms with Gasteiger partial charge in [-0.25, -0.2) is 0 Å². The first-order chi connectivity index (χ1) is 28.3. The molecule has 0 atom stereocenters. The Kier molecular flexibility index (Phi) is 7.82. The van der Waals surface area contributed by atoms with Crippen molar-refractivity contribution in [1.82, 2.24) is 4.57 Å². The van der Waals surface area contributed by atoms with Gasteiger partial charge in [0.15, 0.2) is 0 Å². The predicted molar refractivity (Wildman–Crippen MR) is 239 cm³/mol. The molecule has 0 saturated heterocycles. The lowest BCUT2D eigenvalue weighted by molar-refractivity contribution is 0.669. The van der Waals surface area contributed by atoms with E-state index in [1.54, 1.807) is 0 Å². The van der Waals surface area contributed by atoms with E-state index in [2.05, 4.69) is 216 Å². The van der Waals surface area contributed by atoms with Gasteiger partial charge in [-0.2, -0.15) is 0 Å². The van der Waals surface area contributed by atoms with Crippen molar-refractivity contribution in [3.05, 3.63) is 218 Å². The Bertz CT molecular complexity index is 3230. The summed E-state index contributed by atoms with van der Waals surface area (Å²) in [7, 11) is 0. The van der Waals surface area contributed by atoms with Crippen molar-refractivity contribution in [1.29, 1.82) is 0 Å². The van der Waals surface area contributed by atoms with Crippen LogP contribution in [0, 0.1) is 0 Å². The molecule has 2 heterocycles. The number of rotatable bonds is 7. The summed E-state index contributed by atoms with van der Waals surface area (Å²) in [6, 6.07) is 78.2. The molecular weight excluding hydrogens is 693 g/mol. The number of nitrogens with zero attached hydrogens (tertiary/aromatic N) is 2. The van der Waals surface area contributed by atoms with Crippen LogP contribution in [0.2, 0.25) is 0 Å². The fourth-order valence-electron chi connectivity index (χ4n) is 8.57. The Morgan fingerprint density at radius 2 is 0.930 bits per heavy atom. The molecule has 0 aliphatic heterocycles. The number of fused-ring (bicyclic) bond motifs is 6. The largest absolute Gasteiger partial charge is 0.456 e. The SMILES string of the molecule is c1ccc(-c2ccc(N(c3ccccc3-c3ccccc3)c3cccc4c3c3ccccc3n4-c3cccc(-c4ccc5oc6ccccc6c5c4)c3)cc2)cc1. The Labute approximate surface area is 330 Å². The third kappa shape index (κ3) is 5.60. The molecule has 0 fully saturated rings. The smallest absolute Gasteiger partial charge is 0.135 e. The molecule has 268 valence electrons. The van der Waals surface area contributed by atoms with Crippen molar-refractivity contribution < 1.29 is 4.42 Å². The van der Waals surface area contributed by atoms with Crippen molar-refractivity contribution in [2.75, 3.05) is 4.90 Å². The summed E-state index contributed by atoms with van der Waals surface area (Å²) >= 11 is 0. The molecule has 0 radical (unpaired) electrons. The standard InChI is InChI=1S/C54H36N2O/c1-3-15-37(16-4-1)38-29-32-42(33-30-38)55(48-24-10-7-21-44(48)39-17-5-2-6-18-39)50-26-14-27-51-54(50)46-23-8-11-25-49(46)56(51)43-20-13-19-40(35-43)41-31-34-53-47(36-41)45-22-9-12-28-52(45)57-53/h1-36H. The molecule has 0 spiro atoms. The zero-order valence-electron chi connectivity index (χ0n) is 31.1. The lowest BCUT2D eigenvalue weighted by atomic mass is 10.00. The van der Waals surface area contributed by atoms with Gasteiger partial charge in [-0.05, 0) is 94.5 Å². The van der Waals surface area contributed by atoms with Gasteiger partial charge >= 0.3 is 0 Å². The molecule has 0 aliphatic carbocycles. The Balaban J connectivity index is 1.12. The number of benzene rings is 9. The summed E-state index contributed by atoms with van der Waals surface area (Å²) < 4.78 is 8.59. The van der Waals surface area contributed by atoms with Gasteiger partial charge in [0.2, 0.25) is 0 Å². The summed E-state index contributed by atoms with van der Waals surface area (Å²) in [5, 5.41) is 4.65. The maximum atomic E-state index is 6.17. The highest BCUT2D eigenvalue weighted by Crippen LogP contribution is 2.47. The fourth-order valence-corrected chi connectivity index (χ4v) is 8.57. The Morgan fingerprint density at radius 1 is 0.351 bits per heavy atom. The average Bonchev–Trinajstić information content (AvgIpc) is 3.83. The molecule has 3 heteroatoms. The van der Waals surface area contributed by atoms with E-state index >= 15 is 0 Å². The summed E-state index contributed by atoms with van der Waals surface area (Å²) in [6.07, 6.45) is 0. The molecule has 0 amide bonds. The van der Waals surface area contributed by atoms with E-state index in [-0.39, 0.29) is 0 Å². The van der Waals surface area contributed by atoms with E-state index in [1.807, 2.05) is 12.1 Å². The van der Waals surface area contributed by atoms with Crippen LogP contribution in [0.25, 0.3) is 82.8 Å². The number of anilines is 3. The van der Waals surface area contributed by atoms with Crippen LogP contribution in [0.15, 0.2) is 223 Å². The molecule has 0 unspecified atom stereocenters. The molecule has 11 aromatic rings. The van der Waals surface area contributed by atoms with Gasteiger partial charge in [0.25, 0.3) is 0 Å². The van der Waals surface area contributed by atoms with Crippen LogP contribution < -0.4 is 4.90 Å². The molecule has 9 aromatic carbocycles. The number of aromatic nitrogens is 1. The van der Waals surface area contributed by atoms with E-state index in [4.69, 9.17) is 4.42 Å². The predicted octanol–water partition coefficient (Wildman–Crippen LogP) is 15.2. The molecule has 0 aliphatic rings. The zero-order valence-corrected chi connectivity index (χ0v) is 31.1. The third-order valence-electron chi connectivity index (χ3n) is 11.2. The lowest BCUT2D eigenvalue weighted by Crippen LogP contribution is -2.11. The van der Waals surface area contributed by atoms with Gasteiger partial charge in [0.05, 0.1) is 22.4 Å². The van der Waals surface area contributed by atoms with Crippen LogP contribution in [0.4, 0.5) is 17.1 Å². The van der Waals surface area contributed by atoms with Crippen LogP contribution in [0.5, 0.6) is 0 Å². The van der Waals surface area contributed by atoms with Gasteiger partial charge in [0, 0.05) is 38.5 Å². The number of hydrogen-bond acceptors (Lipinski definition) is 2. The van der Waals surface area contributed by atoms with Crippen molar-refractivity contribution in [2.24, 2.45) is 0 Å². The highest BCUT2D eigenvalue weighted by atomic mass is 16.3. The van der Waals surface area contributed by atoms with Crippen molar-refractivity contribution in [2.45, 2.75) is 0 Å². The van der Waals surface area contributed by atoms with Crippen LogP contribution in [0.1, 0.15) is 0 Å². The second kappa shape index (κ2) is 13.6. The normalized spacial score (nSPS) is 11.5. The van der Waals surface area contributed by atoms with Crippen molar-refractivity contribution >= 4 is 60.8 Å². The second-order valence-electron chi connectivity index (χ2n) is 14.5. The summed E-state index contributed by atoms with van der Waals surface area (Å²) in [5.74, 6) is 0. The van der Waals surface area contributed by atoms with E-state index in [0.29, 0.717) is 0 Å². The molecule has 11 rings (SSSR count). The summed E-state index contributed by atoms with van der Waals surface area (Å²) in [4.78, 5) is 2.44. The molecule has 57 heavy (non-hydrogen) atoms. The molecule has 0 bridgehead atoms. The monoisotopic (exact) mass is 728 g/mol. The highest BCUT2D eigenvalue weighted by molar-refractivity contribution is 6.17. The van der Waals surface area contributed by atoms with E-state index < -0.39 is 0 Å². The molecule has 0 saturated carbocycles. The van der Waals surface area contributed by atoms with Crippen LogP contribution >= 0.6 is 0 Å². The van der Waals surface area contributed by atoms with Crippen molar-refractivity contribution in [3.8, 4) is 39.1 Å². The van der Waals surface area contributed by atoms with Gasteiger partial charge in [-0.15, -0.1) is 0 Å². The molecule has 2 aromatic heterocycles. The zero-order chi connectivity index (χ0) is 37.7. The number of furan rings is 1. The first kappa shape index (κ1) is 32.8. The minimum absolute atomic E-state index is 0.902. The van der Waals surface area contributed by atoms with E-state index in [9.17, 15) is 0 Å². The highest BCUT2D eigenvalue weighted by Gasteiger charge is 2.23. The molecule has 3 nitrogen and oxygen atoms in total. The average molecular weight is 729 g/mol. The minimum Gasteiger partial charge on any atom is -0.456 e. The van der Waals surface area contributed by atoms with Crippen LogP contribution in [-0.2, 0) is 0 Å². The van der Waals surface area contributed by atoms with Gasteiger partial charge < -0.3 is 13.9 Å². The maximum Gasteiger partial charge on any atom is 0.135 e. The Morgan fingerprint density at radius 3 is 1.77 bits per heavy atom. The molecular formula is C54H36N2O. The fraction of sp³-hybridized carbons (Fsp3) is 0. The van der Waals surface area contributed by atoms with Gasteiger partial charge in [-0.3, -0.25) is 0 Å². The second-order valence-corrected chi connectivity index (χ2v) is 14.5. The van der Waals surface area contributed by atoms with E-state index in [1.165, 1.54) is 33.0 Å². The van der Waals surface area contributed by atoms with Gasteiger partial charge in [-0.1, -0.05) is 152 Å². The number of para-hydroxylation sites is 3. The van der Waals surface area contributed by atoms with E-state index in [0.717, 1.165) is 66.8 Å². The quantitative estimate of drug-likeness (QED) is 0.163. The number of hydrogen-bond donors (Lipinski definition) is 0. The lowest BCUT2D eigenvalue weighted by Gasteiger charge is -2.29. The third-order valence-corrected chi connectivity index (χ3v) is 11.2. The first-order valence-corrected chi connectivity index (χ1v) is 19.4. The maximum absolute atomic E-state index is 6.17. The minimum atomic E-state index is 0.902. The summed E-state index contributed by atoms with van der Waals surface area (Å²) in [5.41, 5.74) is 15.6. The van der Waals surface area contributed by atoms with Crippen LogP contribution in [0.3, 0.4) is 0 Å². The Hall–Kier alpha value is -7.62. The summed E-state index contributed by atoms with van der Waals surface area (Å²) in [6.45, 7) is 0. The first-order valence-electron chi connectivity index (χ1n) is 19.4. The van der Waals surface area contributed by atoms with Crippen LogP contribution in [-0.4, -0.2) is 4.57 Å². The van der Waals surface area contributed by atoms with Gasteiger partial charge in [0.1, 0.15) is 11.2 Å². The topological polar surface area (TPSA) is 21.3 Å². The molecule has 0 N–H and O–H groups in total.